The molecule has 1 atom stereocenters. The van der Waals surface area contributed by atoms with Gasteiger partial charge in [-0.2, -0.15) is 0 Å². The summed E-state index contributed by atoms with van der Waals surface area (Å²) in [6.07, 6.45) is 6.06. The molecule has 1 heteroatoms. The van der Waals surface area contributed by atoms with Crippen LogP contribution in [0.4, 0.5) is 0 Å². The summed E-state index contributed by atoms with van der Waals surface area (Å²) in [6, 6.07) is 0. The molecule has 1 heterocycles. The molecule has 0 aliphatic carbocycles. The molecule has 0 aromatic rings. The first-order valence-corrected chi connectivity index (χ1v) is 8.62. The monoisotopic (exact) mass is 188 g/mol. The summed E-state index contributed by atoms with van der Waals surface area (Å²) in [5.41, 5.74) is 1.62. The van der Waals surface area contributed by atoms with Crippen LogP contribution in [0.2, 0.25) is 0 Å². The first-order chi connectivity index (χ1) is 5.34. The zero-order valence-corrected chi connectivity index (χ0v) is 10.4. The topological polar surface area (TPSA) is 0 Å². The molecule has 12 heavy (non-hydrogen) atoms. The van der Waals surface area contributed by atoms with Gasteiger partial charge in [0, 0.05) is 0 Å². The molecule has 1 unspecified atom stereocenters. The molecular formula is C11H25P. The third-order valence-corrected chi connectivity index (χ3v) is 8.24. The summed E-state index contributed by atoms with van der Waals surface area (Å²) in [7, 11) is -0.855. The van der Waals surface area contributed by atoms with Crippen molar-refractivity contribution in [1.82, 2.24) is 0 Å². The Morgan fingerprint density at radius 3 is 2.00 bits per heavy atom. The van der Waals surface area contributed by atoms with Gasteiger partial charge < -0.3 is 0 Å². The first-order valence-electron chi connectivity index (χ1n) is 5.34. The van der Waals surface area contributed by atoms with E-state index in [0.29, 0.717) is 5.41 Å². The minimum atomic E-state index is -0.855. The van der Waals surface area contributed by atoms with Crippen LogP contribution in [0.1, 0.15) is 40.0 Å². The van der Waals surface area contributed by atoms with E-state index < -0.39 is 7.26 Å². The van der Waals surface area contributed by atoms with Crippen LogP contribution in [0.15, 0.2) is 0 Å². The molecule has 0 aromatic heterocycles. The molecule has 74 valence electrons. The SMILES string of the molecule is CC(C)(C)C1CCCC[PH]1(C)C. The molecule has 0 amide bonds. The van der Waals surface area contributed by atoms with Gasteiger partial charge in [-0.1, -0.05) is 0 Å². The van der Waals surface area contributed by atoms with Gasteiger partial charge in [-0.15, -0.1) is 0 Å². The normalized spacial score (nSPS) is 32.9. The second-order valence-corrected chi connectivity index (χ2v) is 11.3. The van der Waals surface area contributed by atoms with Crippen LogP contribution in [0.3, 0.4) is 0 Å². The van der Waals surface area contributed by atoms with Gasteiger partial charge in [0.2, 0.25) is 0 Å². The maximum atomic E-state index is 2.59. The van der Waals surface area contributed by atoms with Crippen LogP contribution in [0, 0.1) is 5.41 Å². The van der Waals surface area contributed by atoms with E-state index in [1.807, 2.05) is 0 Å². The predicted octanol–water partition coefficient (Wildman–Crippen LogP) is 3.59. The Morgan fingerprint density at radius 2 is 1.67 bits per heavy atom. The van der Waals surface area contributed by atoms with Crippen molar-refractivity contribution in [2.24, 2.45) is 5.41 Å². The molecule has 1 saturated heterocycles. The van der Waals surface area contributed by atoms with E-state index in [-0.39, 0.29) is 0 Å². The summed E-state index contributed by atoms with van der Waals surface area (Å²) in [5.74, 6) is 0. The Hall–Kier alpha value is 0.430. The first kappa shape index (κ1) is 10.5. The van der Waals surface area contributed by atoms with E-state index in [1.54, 1.807) is 6.16 Å². The maximum absolute atomic E-state index is 2.59. The minimum absolute atomic E-state index is 0.566. The third-order valence-electron chi connectivity index (χ3n) is 3.55. The Bertz CT molecular complexity index is 153. The third kappa shape index (κ3) is 2.22. The van der Waals surface area contributed by atoms with Gasteiger partial charge in [0.25, 0.3) is 0 Å². The zero-order chi connectivity index (χ0) is 9.41. The Kier molecular flexibility index (Phi) is 2.88. The molecule has 1 fully saturated rings. The summed E-state index contributed by atoms with van der Waals surface area (Å²) < 4.78 is 0. The van der Waals surface area contributed by atoms with Gasteiger partial charge in [0.15, 0.2) is 0 Å². The molecule has 1 rings (SSSR count). The van der Waals surface area contributed by atoms with Crippen molar-refractivity contribution in [3.05, 3.63) is 0 Å². The predicted molar refractivity (Wildman–Crippen MR) is 62.1 cm³/mol. The summed E-state index contributed by atoms with van der Waals surface area (Å²) in [5, 5.41) is 0. The van der Waals surface area contributed by atoms with Crippen molar-refractivity contribution in [3.8, 4) is 0 Å². The van der Waals surface area contributed by atoms with E-state index in [2.05, 4.69) is 34.1 Å². The van der Waals surface area contributed by atoms with Gasteiger partial charge >= 0.3 is 77.9 Å². The fourth-order valence-electron chi connectivity index (χ4n) is 3.10. The quantitative estimate of drug-likeness (QED) is 0.510. The van der Waals surface area contributed by atoms with Crippen molar-refractivity contribution in [2.45, 2.75) is 45.7 Å². The van der Waals surface area contributed by atoms with E-state index in [4.69, 9.17) is 0 Å². The molecule has 0 spiro atoms. The van der Waals surface area contributed by atoms with Gasteiger partial charge in [-0.05, 0) is 0 Å². The van der Waals surface area contributed by atoms with Gasteiger partial charge in [0.05, 0.1) is 0 Å². The molecule has 1 aliphatic heterocycles. The molecule has 0 bridgehead atoms. The molecule has 0 nitrogen and oxygen atoms in total. The van der Waals surface area contributed by atoms with Crippen molar-refractivity contribution in [3.63, 3.8) is 0 Å². The molecular weight excluding hydrogens is 163 g/mol. The molecule has 0 N–H and O–H groups in total. The van der Waals surface area contributed by atoms with E-state index in [0.717, 1.165) is 5.66 Å². The fourth-order valence-corrected chi connectivity index (χ4v) is 7.94. The summed E-state index contributed by atoms with van der Waals surface area (Å²) in [6.45, 7) is 12.5. The van der Waals surface area contributed by atoms with Crippen LogP contribution < -0.4 is 0 Å². The van der Waals surface area contributed by atoms with Gasteiger partial charge in [0.1, 0.15) is 0 Å². The second-order valence-electron chi connectivity index (χ2n) is 6.15. The second kappa shape index (κ2) is 3.29. The fraction of sp³-hybridized carbons (Fsp3) is 1.00. The standard InChI is InChI=1S/C11H25P/c1-11(2,3)10-8-6-7-9-12(10,4)5/h10,12H,6-9H2,1-5H3. The van der Waals surface area contributed by atoms with Gasteiger partial charge in [-0.3, -0.25) is 0 Å². The van der Waals surface area contributed by atoms with Crippen LogP contribution in [0.25, 0.3) is 0 Å². The van der Waals surface area contributed by atoms with E-state index >= 15 is 0 Å². The van der Waals surface area contributed by atoms with Gasteiger partial charge in [-0.25, -0.2) is 0 Å². The summed E-state index contributed by atoms with van der Waals surface area (Å²) in [4.78, 5) is 0. The van der Waals surface area contributed by atoms with Crippen LogP contribution in [-0.2, 0) is 0 Å². The van der Waals surface area contributed by atoms with Crippen LogP contribution >= 0.6 is 7.26 Å². The van der Waals surface area contributed by atoms with E-state index in [9.17, 15) is 0 Å². The average Bonchev–Trinajstić information content (AvgIpc) is 1.83. The Morgan fingerprint density at radius 1 is 1.08 bits per heavy atom. The number of rotatable bonds is 0. The Labute approximate surface area is 78.5 Å². The molecule has 0 radical (unpaired) electrons. The number of hydrogen-bond acceptors (Lipinski definition) is 0. The van der Waals surface area contributed by atoms with Crippen molar-refractivity contribution in [1.29, 1.82) is 0 Å². The van der Waals surface area contributed by atoms with Crippen LogP contribution in [0.5, 0.6) is 0 Å². The summed E-state index contributed by atoms with van der Waals surface area (Å²) >= 11 is 0. The zero-order valence-electron chi connectivity index (χ0n) is 9.41. The van der Waals surface area contributed by atoms with Crippen molar-refractivity contribution >= 4 is 7.26 Å². The Balaban J connectivity index is 2.73. The van der Waals surface area contributed by atoms with Crippen molar-refractivity contribution < 1.29 is 0 Å². The number of hydrogen-bond donors (Lipinski definition) is 0. The van der Waals surface area contributed by atoms with Crippen molar-refractivity contribution in [2.75, 3.05) is 19.5 Å². The average molecular weight is 188 g/mol. The molecule has 0 aromatic carbocycles. The molecule has 0 saturated carbocycles. The van der Waals surface area contributed by atoms with Crippen LogP contribution in [-0.4, -0.2) is 25.2 Å². The molecule has 1 aliphatic rings. The van der Waals surface area contributed by atoms with E-state index in [1.165, 1.54) is 19.3 Å².